The molecule has 0 spiro atoms. The monoisotopic (exact) mass is 235 g/mol. The van der Waals surface area contributed by atoms with Crippen LogP contribution < -0.4 is 14.8 Å². The van der Waals surface area contributed by atoms with Crippen molar-refractivity contribution in [2.75, 3.05) is 20.0 Å². The second kappa shape index (κ2) is 4.20. The molecular formula is C13H17NO3. The van der Waals surface area contributed by atoms with Crippen molar-refractivity contribution in [3.05, 3.63) is 23.8 Å². The van der Waals surface area contributed by atoms with Crippen LogP contribution in [-0.4, -0.2) is 25.5 Å². The summed E-state index contributed by atoms with van der Waals surface area (Å²) in [5.41, 5.74) is 1.32. The Hall–Kier alpha value is -1.26. The minimum absolute atomic E-state index is 0.108. The Labute approximate surface area is 101 Å². The average molecular weight is 235 g/mol. The number of fused-ring (bicyclic) bond motifs is 1. The summed E-state index contributed by atoms with van der Waals surface area (Å²) in [6, 6.07) is 6.07. The van der Waals surface area contributed by atoms with E-state index in [1.807, 2.05) is 12.1 Å². The molecule has 1 saturated heterocycles. The van der Waals surface area contributed by atoms with Crippen molar-refractivity contribution in [1.82, 2.24) is 5.32 Å². The predicted octanol–water partition coefficient (Wildman–Crippen LogP) is 1.68. The molecule has 92 valence electrons. The summed E-state index contributed by atoms with van der Waals surface area (Å²) in [7, 11) is 0. The van der Waals surface area contributed by atoms with Gasteiger partial charge in [-0.15, -0.1) is 0 Å². The standard InChI is InChI=1S/C13H17NO3/c1-13(4-5-15-8-13)14-7-10-2-3-11-12(6-10)17-9-16-11/h2-3,6,14H,4-5,7-9H2,1H3. The topological polar surface area (TPSA) is 39.7 Å². The Bertz CT molecular complexity index is 413. The van der Waals surface area contributed by atoms with E-state index in [0.29, 0.717) is 6.79 Å². The van der Waals surface area contributed by atoms with E-state index >= 15 is 0 Å². The van der Waals surface area contributed by atoms with E-state index in [-0.39, 0.29) is 5.54 Å². The third-order valence-electron chi connectivity index (χ3n) is 3.38. The van der Waals surface area contributed by atoms with Crippen LogP contribution in [0.25, 0.3) is 0 Å². The Morgan fingerprint density at radius 2 is 2.18 bits per heavy atom. The first-order valence-corrected chi connectivity index (χ1v) is 5.97. The molecular weight excluding hydrogens is 218 g/mol. The van der Waals surface area contributed by atoms with Crippen molar-refractivity contribution in [2.24, 2.45) is 0 Å². The molecule has 17 heavy (non-hydrogen) atoms. The van der Waals surface area contributed by atoms with Gasteiger partial charge in [-0.05, 0) is 31.0 Å². The molecule has 0 radical (unpaired) electrons. The third-order valence-corrected chi connectivity index (χ3v) is 3.38. The zero-order valence-electron chi connectivity index (χ0n) is 9.99. The normalized spacial score (nSPS) is 26.4. The van der Waals surface area contributed by atoms with Gasteiger partial charge < -0.3 is 19.5 Å². The lowest BCUT2D eigenvalue weighted by Gasteiger charge is -2.23. The number of hydrogen-bond acceptors (Lipinski definition) is 4. The molecule has 0 aliphatic carbocycles. The van der Waals surface area contributed by atoms with E-state index in [9.17, 15) is 0 Å². The van der Waals surface area contributed by atoms with Gasteiger partial charge in [0.2, 0.25) is 6.79 Å². The molecule has 2 heterocycles. The zero-order chi connectivity index (χ0) is 11.7. The maximum atomic E-state index is 5.42. The van der Waals surface area contributed by atoms with E-state index in [1.165, 1.54) is 5.56 Å². The fourth-order valence-corrected chi connectivity index (χ4v) is 2.17. The van der Waals surface area contributed by atoms with Gasteiger partial charge in [-0.3, -0.25) is 0 Å². The molecule has 2 aliphatic rings. The largest absolute Gasteiger partial charge is 0.454 e. The van der Waals surface area contributed by atoms with Crippen molar-refractivity contribution >= 4 is 0 Å². The predicted molar refractivity (Wildman–Crippen MR) is 63.2 cm³/mol. The summed E-state index contributed by atoms with van der Waals surface area (Å²) in [5, 5.41) is 3.54. The third kappa shape index (κ3) is 2.23. The molecule has 1 atom stereocenters. The minimum Gasteiger partial charge on any atom is -0.454 e. The van der Waals surface area contributed by atoms with Crippen molar-refractivity contribution in [1.29, 1.82) is 0 Å². The second-order valence-electron chi connectivity index (χ2n) is 4.90. The van der Waals surface area contributed by atoms with E-state index in [0.717, 1.165) is 37.7 Å². The van der Waals surface area contributed by atoms with Crippen LogP contribution in [0.15, 0.2) is 18.2 Å². The van der Waals surface area contributed by atoms with Gasteiger partial charge in [0.15, 0.2) is 11.5 Å². The maximum Gasteiger partial charge on any atom is 0.231 e. The highest BCUT2D eigenvalue weighted by Crippen LogP contribution is 2.32. The molecule has 1 N–H and O–H groups in total. The van der Waals surface area contributed by atoms with Gasteiger partial charge in [-0.25, -0.2) is 0 Å². The van der Waals surface area contributed by atoms with Crippen molar-refractivity contribution in [3.8, 4) is 11.5 Å². The van der Waals surface area contributed by atoms with Crippen molar-refractivity contribution in [3.63, 3.8) is 0 Å². The van der Waals surface area contributed by atoms with Crippen LogP contribution in [0.5, 0.6) is 11.5 Å². The number of benzene rings is 1. The number of ether oxygens (including phenoxy) is 3. The summed E-state index contributed by atoms with van der Waals surface area (Å²) in [4.78, 5) is 0. The Morgan fingerprint density at radius 3 is 3.00 bits per heavy atom. The second-order valence-corrected chi connectivity index (χ2v) is 4.90. The van der Waals surface area contributed by atoms with Crippen LogP contribution in [0.3, 0.4) is 0 Å². The molecule has 0 aromatic heterocycles. The van der Waals surface area contributed by atoms with Gasteiger partial charge in [0.05, 0.1) is 6.61 Å². The molecule has 4 heteroatoms. The molecule has 4 nitrogen and oxygen atoms in total. The van der Waals surface area contributed by atoms with Crippen LogP contribution in [0.4, 0.5) is 0 Å². The van der Waals surface area contributed by atoms with E-state index in [4.69, 9.17) is 14.2 Å². The quantitative estimate of drug-likeness (QED) is 0.865. The highest BCUT2D eigenvalue weighted by atomic mass is 16.7. The number of nitrogens with one attached hydrogen (secondary N) is 1. The molecule has 1 fully saturated rings. The van der Waals surface area contributed by atoms with Gasteiger partial charge in [-0.1, -0.05) is 6.07 Å². The molecule has 1 aromatic rings. The zero-order valence-corrected chi connectivity index (χ0v) is 9.99. The van der Waals surface area contributed by atoms with Crippen molar-refractivity contribution in [2.45, 2.75) is 25.4 Å². The average Bonchev–Trinajstić information content (AvgIpc) is 2.95. The fraction of sp³-hybridized carbons (Fsp3) is 0.538. The summed E-state index contributed by atoms with van der Waals surface area (Å²) in [5.74, 6) is 1.68. The molecule has 2 aliphatic heterocycles. The molecule has 0 amide bonds. The van der Waals surface area contributed by atoms with E-state index < -0.39 is 0 Å². The van der Waals surface area contributed by atoms with Gasteiger partial charge in [0.1, 0.15) is 0 Å². The highest BCUT2D eigenvalue weighted by Gasteiger charge is 2.28. The Morgan fingerprint density at radius 1 is 1.29 bits per heavy atom. The molecule has 1 unspecified atom stereocenters. The van der Waals surface area contributed by atoms with Crippen LogP contribution >= 0.6 is 0 Å². The number of hydrogen-bond donors (Lipinski definition) is 1. The molecule has 1 aromatic carbocycles. The van der Waals surface area contributed by atoms with Crippen LogP contribution in [0.2, 0.25) is 0 Å². The van der Waals surface area contributed by atoms with Crippen LogP contribution in [-0.2, 0) is 11.3 Å². The van der Waals surface area contributed by atoms with Gasteiger partial charge in [0, 0.05) is 18.7 Å². The first kappa shape index (κ1) is 10.9. The Balaban J connectivity index is 1.65. The SMILES string of the molecule is CC1(NCc2ccc3c(c2)OCO3)CCOC1. The maximum absolute atomic E-state index is 5.42. The summed E-state index contributed by atoms with van der Waals surface area (Å²) >= 11 is 0. The summed E-state index contributed by atoms with van der Waals surface area (Å²) in [6.07, 6.45) is 1.07. The number of rotatable bonds is 3. The van der Waals surface area contributed by atoms with Gasteiger partial charge >= 0.3 is 0 Å². The first-order chi connectivity index (χ1) is 8.25. The lowest BCUT2D eigenvalue weighted by atomic mass is 10.0. The highest BCUT2D eigenvalue weighted by molar-refractivity contribution is 5.44. The van der Waals surface area contributed by atoms with E-state index in [1.54, 1.807) is 0 Å². The molecule has 0 bridgehead atoms. The summed E-state index contributed by atoms with van der Waals surface area (Å²) < 4.78 is 16.1. The Kier molecular flexibility index (Phi) is 2.68. The van der Waals surface area contributed by atoms with Gasteiger partial charge in [0.25, 0.3) is 0 Å². The lowest BCUT2D eigenvalue weighted by Crippen LogP contribution is -2.42. The van der Waals surface area contributed by atoms with Crippen molar-refractivity contribution < 1.29 is 14.2 Å². The molecule has 3 rings (SSSR count). The smallest absolute Gasteiger partial charge is 0.231 e. The van der Waals surface area contributed by atoms with Gasteiger partial charge in [-0.2, -0.15) is 0 Å². The first-order valence-electron chi connectivity index (χ1n) is 5.97. The van der Waals surface area contributed by atoms with Crippen LogP contribution in [0.1, 0.15) is 18.9 Å². The molecule has 0 saturated carbocycles. The van der Waals surface area contributed by atoms with E-state index in [2.05, 4.69) is 18.3 Å². The minimum atomic E-state index is 0.108. The van der Waals surface area contributed by atoms with Crippen LogP contribution in [0, 0.1) is 0 Å². The summed E-state index contributed by atoms with van der Waals surface area (Å²) in [6.45, 7) is 5.00. The fourth-order valence-electron chi connectivity index (χ4n) is 2.17. The lowest BCUT2D eigenvalue weighted by molar-refractivity contribution is 0.171.